The Bertz CT molecular complexity index is 504. The Labute approximate surface area is 117 Å². The highest BCUT2D eigenvalue weighted by molar-refractivity contribution is 5.49. The lowest BCUT2D eigenvalue weighted by Gasteiger charge is -2.27. The minimum atomic E-state index is -0.0714. The Kier molecular flexibility index (Phi) is 4.32. The summed E-state index contributed by atoms with van der Waals surface area (Å²) in [5.41, 5.74) is 5.98. The van der Waals surface area contributed by atoms with Crippen LogP contribution in [0.2, 0.25) is 0 Å². The second-order valence-electron chi connectivity index (χ2n) is 7.14. The fourth-order valence-electron chi connectivity index (χ4n) is 2.04. The summed E-state index contributed by atoms with van der Waals surface area (Å²) in [5, 5.41) is 10.5. The maximum atomic E-state index is 10.5. The zero-order valence-corrected chi connectivity index (χ0v) is 13.1. The van der Waals surface area contributed by atoms with Crippen molar-refractivity contribution in [2.75, 3.05) is 0 Å². The lowest BCUT2D eigenvalue weighted by molar-refractivity contribution is 0.439. The van der Waals surface area contributed by atoms with Crippen molar-refractivity contribution in [1.29, 1.82) is 0 Å². The molecule has 0 atom stereocenters. The molecular formula is C18H26O. The van der Waals surface area contributed by atoms with Gasteiger partial charge in [0.1, 0.15) is 5.75 Å². The summed E-state index contributed by atoms with van der Waals surface area (Å²) in [6.45, 7) is 16.5. The van der Waals surface area contributed by atoms with Crippen LogP contribution < -0.4 is 0 Å². The highest BCUT2D eigenvalue weighted by Crippen LogP contribution is 2.37. The van der Waals surface area contributed by atoms with Crippen molar-refractivity contribution in [3.8, 4) is 5.75 Å². The lowest BCUT2D eigenvalue weighted by atomic mass is 9.78. The molecule has 0 amide bonds. The highest BCUT2D eigenvalue weighted by Gasteiger charge is 2.24. The van der Waals surface area contributed by atoms with Gasteiger partial charge < -0.3 is 5.11 Å². The van der Waals surface area contributed by atoms with Crippen molar-refractivity contribution >= 4 is 0 Å². The molecule has 0 heterocycles. The van der Waals surface area contributed by atoms with Gasteiger partial charge >= 0.3 is 0 Å². The monoisotopic (exact) mass is 258 g/mol. The molecule has 0 aliphatic carbocycles. The molecule has 0 saturated heterocycles. The van der Waals surface area contributed by atoms with Gasteiger partial charge in [0.2, 0.25) is 0 Å². The van der Waals surface area contributed by atoms with Crippen molar-refractivity contribution in [2.24, 2.45) is 0 Å². The van der Waals surface area contributed by atoms with Crippen molar-refractivity contribution in [1.82, 2.24) is 0 Å². The Hall–Kier alpha value is -1.46. The topological polar surface area (TPSA) is 20.2 Å². The van der Waals surface area contributed by atoms with E-state index >= 15 is 0 Å². The summed E-state index contributed by atoms with van der Waals surface area (Å²) in [6, 6.07) is 4.23. The van der Waals surface area contributed by atoms with Crippen LogP contribution in [-0.4, -0.2) is 5.11 Å². The Morgan fingerprint density at radius 1 is 1.11 bits per heavy atom. The molecule has 0 unspecified atom stereocenters. The molecule has 0 radical (unpaired) electrons. The second-order valence-corrected chi connectivity index (χ2v) is 7.14. The van der Waals surface area contributed by atoms with Gasteiger partial charge in [-0.15, -0.1) is 5.73 Å². The third-order valence-electron chi connectivity index (χ3n) is 3.33. The molecule has 1 nitrogen and oxygen atoms in total. The number of hydrogen-bond donors (Lipinski definition) is 1. The smallest absolute Gasteiger partial charge is 0.122 e. The first-order chi connectivity index (χ1) is 8.57. The molecular weight excluding hydrogens is 232 g/mol. The van der Waals surface area contributed by atoms with E-state index in [0.717, 1.165) is 11.1 Å². The SMILES string of the molecule is C=C=CCc1cc(C(C)(C)C)cc(C(C)(C)C)c1O. The fourth-order valence-corrected chi connectivity index (χ4v) is 2.04. The summed E-state index contributed by atoms with van der Waals surface area (Å²) in [4.78, 5) is 0. The first kappa shape index (κ1) is 15.6. The molecule has 1 aromatic carbocycles. The lowest BCUT2D eigenvalue weighted by Crippen LogP contribution is -2.17. The van der Waals surface area contributed by atoms with Gasteiger partial charge in [0.15, 0.2) is 0 Å². The number of hydrogen-bond acceptors (Lipinski definition) is 1. The summed E-state index contributed by atoms with van der Waals surface area (Å²) in [7, 11) is 0. The Morgan fingerprint density at radius 3 is 2.11 bits per heavy atom. The standard InChI is InChI=1S/C18H26O/c1-8-9-10-13-11-14(17(2,3)4)12-15(16(13)19)18(5,6)7/h9,11-12,19H,1,10H2,2-7H3. The molecule has 0 bridgehead atoms. The molecule has 0 aliphatic heterocycles. The average molecular weight is 258 g/mol. The third-order valence-corrected chi connectivity index (χ3v) is 3.33. The summed E-state index contributed by atoms with van der Waals surface area (Å²) < 4.78 is 0. The van der Waals surface area contributed by atoms with Crippen molar-refractivity contribution in [3.63, 3.8) is 0 Å². The number of rotatable bonds is 2. The van der Waals surface area contributed by atoms with Crippen LogP contribution in [-0.2, 0) is 17.3 Å². The molecule has 0 fully saturated rings. The van der Waals surface area contributed by atoms with Crippen LogP contribution in [0.4, 0.5) is 0 Å². The van der Waals surface area contributed by atoms with Crippen LogP contribution in [0.5, 0.6) is 5.75 Å². The Balaban J connectivity index is 3.51. The van der Waals surface area contributed by atoms with E-state index in [2.05, 4.69) is 66.0 Å². The normalized spacial score (nSPS) is 12.1. The summed E-state index contributed by atoms with van der Waals surface area (Å²) in [5.74, 6) is 0.409. The van der Waals surface area contributed by atoms with Gasteiger partial charge in [-0.25, -0.2) is 0 Å². The van der Waals surface area contributed by atoms with Gasteiger partial charge in [0.25, 0.3) is 0 Å². The first-order valence-electron chi connectivity index (χ1n) is 6.78. The zero-order valence-electron chi connectivity index (χ0n) is 13.1. The van der Waals surface area contributed by atoms with Gasteiger partial charge in [-0.1, -0.05) is 60.3 Å². The predicted octanol–water partition coefficient (Wildman–Crippen LogP) is 4.87. The largest absolute Gasteiger partial charge is 0.507 e. The molecule has 1 heteroatoms. The quantitative estimate of drug-likeness (QED) is 0.750. The van der Waals surface area contributed by atoms with E-state index in [1.807, 2.05) is 6.08 Å². The molecule has 0 aromatic heterocycles. The van der Waals surface area contributed by atoms with Gasteiger partial charge in [-0.2, -0.15) is 0 Å². The maximum Gasteiger partial charge on any atom is 0.122 e. The highest BCUT2D eigenvalue weighted by atomic mass is 16.3. The van der Waals surface area contributed by atoms with Gasteiger partial charge in [-0.3, -0.25) is 0 Å². The zero-order chi connectivity index (χ0) is 14.8. The van der Waals surface area contributed by atoms with Crippen LogP contribution >= 0.6 is 0 Å². The minimum absolute atomic E-state index is 0.0698. The molecule has 104 valence electrons. The van der Waals surface area contributed by atoms with Crippen LogP contribution in [0.1, 0.15) is 58.2 Å². The van der Waals surface area contributed by atoms with Crippen LogP contribution in [0.25, 0.3) is 0 Å². The van der Waals surface area contributed by atoms with Crippen LogP contribution in [0.15, 0.2) is 30.5 Å². The van der Waals surface area contributed by atoms with E-state index in [4.69, 9.17) is 0 Å². The van der Waals surface area contributed by atoms with E-state index in [-0.39, 0.29) is 10.8 Å². The van der Waals surface area contributed by atoms with E-state index in [1.165, 1.54) is 5.56 Å². The molecule has 1 N–H and O–H groups in total. The third kappa shape index (κ3) is 3.75. The number of allylic oxidation sites excluding steroid dienone is 1. The van der Waals surface area contributed by atoms with E-state index in [9.17, 15) is 5.11 Å². The number of phenolic OH excluding ortho intramolecular Hbond substituents is 1. The summed E-state index contributed by atoms with van der Waals surface area (Å²) >= 11 is 0. The molecule has 1 aromatic rings. The van der Waals surface area contributed by atoms with Gasteiger partial charge in [0.05, 0.1) is 0 Å². The minimum Gasteiger partial charge on any atom is -0.507 e. The maximum absolute atomic E-state index is 10.5. The number of phenols is 1. The molecule has 0 saturated carbocycles. The van der Waals surface area contributed by atoms with Crippen LogP contribution in [0.3, 0.4) is 0 Å². The van der Waals surface area contributed by atoms with E-state index in [1.54, 1.807) is 0 Å². The average Bonchev–Trinajstić information content (AvgIpc) is 2.24. The molecule has 0 spiro atoms. The number of aromatic hydroxyl groups is 1. The van der Waals surface area contributed by atoms with E-state index < -0.39 is 0 Å². The molecule has 1 rings (SSSR count). The fraction of sp³-hybridized carbons (Fsp3) is 0.500. The van der Waals surface area contributed by atoms with Gasteiger partial charge in [-0.05, 0) is 33.6 Å². The van der Waals surface area contributed by atoms with Crippen molar-refractivity contribution < 1.29 is 5.11 Å². The van der Waals surface area contributed by atoms with Gasteiger partial charge in [0, 0.05) is 6.42 Å². The molecule has 0 aliphatic rings. The van der Waals surface area contributed by atoms with Crippen molar-refractivity contribution in [2.45, 2.75) is 58.8 Å². The molecule has 19 heavy (non-hydrogen) atoms. The van der Waals surface area contributed by atoms with Crippen molar-refractivity contribution in [3.05, 3.63) is 47.2 Å². The Morgan fingerprint density at radius 2 is 1.68 bits per heavy atom. The first-order valence-corrected chi connectivity index (χ1v) is 6.78. The predicted molar refractivity (Wildman–Crippen MR) is 82.9 cm³/mol. The second kappa shape index (κ2) is 5.27. The van der Waals surface area contributed by atoms with E-state index in [0.29, 0.717) is 12.2 Å². The number of benzene rings is 1. The summed E-state index contributed by atoms with van der Waals surface area (Å²) in [6.07, 6.45) is 2.52. The van der Waals surface area contributed by atoms with Crippen LogP contribution in [0, 0.1) is 0 Å².